The zero-order valence-electron chi connectivity index (χ0n) is 8.84. The van der Waals surface area contributed by atoms with Crippen molar-refractivity contribution in [3.8, 4) is 0 Å². The second-order valence-electron chi connectivity index (χ2n) is 4.37. The Bertz CT molecular complexity index is 402. The molecule has 3 unspecified atom stereocenters. The summed E-state index contributed by atoms with van der Waals surface area (Å²) >= 11 is 0. The summed E-state index contributed by atoms with van der Waals surface area (Å²) in [7, 11) is -4.40. The van der Waals surface area contributed by atoms with Gasteiger partial charge in [0.05, 0.1) is 34.5 Å². The Labute approximate surface area is 93.7 Å². The summed E-state index contributed by atoms with van der Waals surface area (Å²) in [5.74, 6) is -2.12. The zero-order valence-corrected chi connectivity index (χ0v) is 9.66. The minimum absolute atomic E-state index is 0.240. The predicted molar refractivity (Wildman–Crippen MR) is 51.5 cm³/mol. The molecule has 0 N–H and O–H groups in total. The van der Waals surface area contributed by atoms with Crippen molar-refractivity contribution in [2.24, 2.45) is 5.92 Å². The summed E-state index contributed by atoms with van der Waals surface area (Å²) in [6, 6.07) is 0. The Balaban J connectivity index is 2.13. The molecule has 0 aromatic carbocycles. The molecular weight excluding hydrogens is 236 g/mol. The Morgan fingerprint density at radius 3 is 2.75 bits per heavy atom. The summed E-state index contributed by atoms with van der Waals surface area (Å²) in [5.41, 5.74) is -0.716. The average molecular weight is 249 g/mol. The molecule has 2 rings (SSSR count). The highest BCUT2D eigenvalue weighted by atomic mass is 32.2. The van der Waals surface area contributed by atoms with Crippen LogP contribution in [0.5, 0.6) is 0 Å². The van der Waals surface area contributed by atoms with Gasteiger partial charge in [0.2, 0.25) is 0 Å². The average Bonchev–Trinajstić information content (AvgIpc) is 2.58. The molecule has 2 aliphatic heterocycles. The maximum atomic E-state index is 11.5. The molecule has 0 amide bonds. The van der Waals surface area contributed by atoms with E-state index in [0.29, 0.717) is 13.0 Å². The number of hydrogen-bond donors (Lipinski definition) is 0. The lowest BCUT2D eigenvalue weighted by Gasteiger charge is -2.25. The number of ether oxygens (including phenoxy) is 2. The molecule has 0 bridgehead atoms. The lowest BCUT2D eigenvalue weighted by Crippen LogP contribution is -2.36. The number of carbonyl (C=O) groups excluding carboxylic acids is 1. The number of carbonyl (C=O) groups is 1. The van der Waals surface area contributed by atoms with Crippen LogP contribution >= 0.6 is 0 Å². The van der Waals surface area contributed by atoms with Gasteiger partial charge < -0.3 is 14.0 Å². The first-order valence-corrected chi connectivity index (χ1v) is 6.68. The van der Waals surface area contributed by atoms with E-state index in [1.54, 1.807) is 6.92 Å². The van der Waals surface area contributed by atoms with E-state index in [1.165, 1.54) is 0 Å². The van der Waals surface area contributed by atoms with Crippen LogP contribution in [0.1, 0.15) is 19.8 Å². The van der Waals surface area contributed by atoms with E-state index in [4.69, 9.17) is 9.47 Å². The van der Waals surface area contributed by atoms with E-state index in [1.807, 2.05) is 0 Å². The van der Waals surface area contributed by atoms with E-state index in [2.05, 4.69) is 0 Å². The Morgan fingerprint density at radius 2 is 2.25 bits per heavy atom. The predicted octanol–water partition coefficient (Wildman–Crippen LogP) is -0.358. The Hall–Kier alpha value is -0.660. The summed E-state index contributed by atoms with van der Waals surface area (Å²) in [5, 5.41) is 0. The molecule has 6 nitrogen and oxygen atoms in total. The van der Waals surface area contributed by atoms with Gasteiger partial charge in [-0.1, -0.05) is 0 Å². The molecule has 2 aliphatic rings. The fourth-order valence-electron chi connectivity index (χ4n) is 2.36. The van der Waals surface area contributed by atoms with Crippen LogP contribution in [0.3, 0.4) is 0 Å². The normalized spacial score (nSPS) is 39.2. The first-order chi connectivity index (χ1) is 7.32. The van der Waals surface area contributed by atoms with Crippen molar-refractivity contribution in [3.63, 3.8) is 0 Å². The Morgan fingerprint density at radius 1 is 1.56 bits per heavy atom. The molecule has 16 heavy (non-hydrogen) atoms. The number of rotatable bonds is 2. The van der Waals surface area contributed by atoms with E-state index in [9.17, 15) is 17.8 Å². The van der Waals surface area contributed by atoms with Gasteiger partial charge in [-0.3, -0.25) is 4.79 Å². The fourth-order valence-corrected chi connectivity index (χ4v) is 3.11. The highest BCUT2D eigenvalue weighted by Crippen LogP contribution is 2.41. The van der Waals surface area contributed by atoms with Crippen LogP contribution in [-0.4, -0.2) is 43.0 Å². The van der Waals surface area contributed by atoms with Gasteiger partial charge in [0.15, 0.2) is 0 Å². The highest BCUT2D eigenvalue weighted by molar-refractivity contribution is 7.85. The van der Waals surface area contributed by atoms with Crippen LogP contribution in [0.15, 0.2) is 0 Å². The van der Waals surface area contributed by atoms with E-state index in [0.717, 1.165) is 0 Å². The lowest BCUT2D eigenvalue weighted by atomic mass is 9.89. The molecule has 0 aromatic rings. The quantitative estimate of drug-likeness (QED) is 0.490. The van der Waals surface area contributed by atoms with Crippen molar-refractivity contribution in [2.45, 2.75) is 31.5 Å². The van der Waals surface area contributed by atoms with Crippen LogP contribution in [0.2, 0.25) is 0 Å². The maximum absolute atomic E-state index is 11.5. The van der Waals surface area contributed by atoms with Gasteiger partial charge >= 0.3 is 5.97 Å². The summed E-state index contributed by atoms with van der Waals surface area (Å²) in [6.45, 7) is 2.28. The SMILES string of the molecule is CC1OCCC12CC(CS(=O)(=O)[O-])C(=O)O2. The first kappa shape index (κ1) is 11.8. The molecule has 2 saturated heterocycles. The topological polar surface area (TPSA) is 92.7 Å². The molecule has 0 aliphatic carbocycles. The molecule has 92 valence electrons. The van der Waals surface area contributed by atoms with Gasteiger partial charge in [-0.2, -0.15) is 0 Å². The molecule has 1 spiro atoms. The second-order valence-corrected chi connectivity index (χ2v) is 5.82. The molecule has 7 heteroatoms. The van der Waals surface area contributed by atoms with Gasteiger partial charge in [-0.15, -0.1) is 0 Å². The Kier molecular flexibility index (Phi) is 2.72. The highest BCUT2D eigenvalue weighted by Gasteiger charge is 2.53. The van der Waals surface area contributed by atoms with Crippen LogP contribution in [-0.2, 0) is 24.4 Å². The van der Waals surface area contributed by atoms with Gasteiger partial charge in [-0.05, 0) is 6.92 Å². The molecular formula is C9H13O6S-. The van der Waals surface area contributed by atoms with Crippen LogP contribution in [0, 0.1) is 5.92 Å². The van der Waals surface area contributed by atoms with Crippen molar-refractivity contribution < 1.29 is 27.2 Å². The lowest BCUT2D eigenvalue weighted by molar-refractivity contribution is -0.153. The van der Waals surface area contributed by atoms with Crippen molar-refractivity contribution in [1.29, 1.82) is 0 Å². The van der Waals surface area contributed by atoms with Gasteiger partial charge in [0.25, 0.3) is 0 Å². The third-order valence-corrected chi connectivity index (χ3v) is 4.08. The summed E-state index contributed by atoms with van der Waals surface area (Å²) in [6.07, 6.45) is 0.583. The molecule has 0 aromatic heterocycles. The standard InChI is InChI=1S/C9H14O6S/c1-6-9(2-3-14-6)4-7(8(10)15-9)5-16(11,12)13/h6-7H,2-5H2,1H3,(H,11,12,13)/p-1. The van der Waals surface area contributed by atoms with Gasteiger partial charge in [0.1, 0.15) is 5.60 Å². The molecule has 3 atom stereocenters. The molecule has 0 saturated carbocycles. The minimum atomic E-state index is -4.40. The summed E-state index contributed by atoms with van der Waals surface area (Å²) in [4.78, 5) is 11.5. The maximum Gasteiger partial charge on any atom is 0.310 e. The smallest absolute Gasteiger partial charge is 0.310 e. The fraction of sp³-hybridized carbons (Fsp3) is 0.889. The van der Waals surface area contributed by atoms with Crippen LogP contribution in [0.4, 0.5) is 0 Å². The largest absolute Gasteiger partial charge is 0.748 e. The van der Waals surface area contributed by atoms with E-state index >= 15 is 0 Å². The number of esters is 1. The van der Waals surface area contributed by atoms with Crippen molar-refractivity contribution in [3.05, 3.63) is 0 Å². The minimum Gasteiger partial charge on any atom is -0.748 e. The van der Waals surface area contributed by atoms with Crippen molar-refractivity contribution >= 4 is 16.1 Å². The molecule has 2 fully saturated rings. The van der Waals surface area contributed by atoms with Crippen molar-refractivity contribution in [1.82, 2.24) is 0 Å². The van der Waals surface area contributed by atoms with Gasteiger partial charge in [0, 0.05) is 12.8 Å². The second kappa shape index (κ2) is 3.68. The zero-order chi connectivity index (χ0) is 12.0. The molecule has 2 heterocycles. The van der Waals surface area contributed by atoms with Crippen molar-refractivity contribution in [2.75, 3.05) is 12.4 Å². The third-order valence-electron chi connectivity index (χ3n) is 3.27. The third kappa shape index (κ3) is 2.07. The molecule has 0 radical (unpaired) electrons. The first-order valence-electron chi connectivity index (χ1n) is 5.10. The van der Waals surface area contributed by atoms with Crippen LogP contribution in [0.25, 0.3) is 0 Å². The van der Waals surface area contributed by atoms with E-state index < -0.39 is 33.4 Å². The van der Waals surface area contributed by atoms with Gasteiger partial charge in [-0.25, -0.2) is 8.42 Å². The number of hydrogen-bond acceptors (Lipinski definition) is 6. The van der Waals surface area contributed by atoms with E-state index in [-0.39, 0.29) is 12.5 Å². The summed E-state index contributed by atoms with van der Waals surface area (Å²) < 4.78 is 42.4. The monoisotopic (exact) mass is 249 g/mol. The van der Waals surface area contributed by atoms with Crippen LogP contribution < -0.4 is 0 Å².